The Morgan fingerprint density at radius 3 is 2.70 bits per heavy atom. The molecule has 0 atom stereocenters. The van der Waals surface area contributed by atoms with Gasteiger partial charge < -0.3 is 5.32 Å². The number of carbonyl (C=O) groups is 1. The molecule has 20 heavy (non-hydrogen) atoms. The molecule has 0 radical (unpaired) electrons. The molecule has 0 bridgehead atoms. The van der Waals surface area contributed by atoms with Gasteiger partial charge in [0.15, 0.2) is 5.69 Å². The zero-order valence-electron chi connectivity index (χ0n) is 10.8. The van der Waals surface area contributed by atoms with Crippen molar-refractivity contribution in [3.63, 3.8) is 0 Å². The van der Waals surface area contributed by atoms with E-state index in [4.69, 9.17) is 11.6 Å². The lowest BCUT2D eigenvalue weighted by atomic mass is 10.2. The number of nitrogens with one attached hydrogen (secondary N) is 1. The molecule has 1 aromatic heterocycles. The Bertz CT molecular complexity index is 677. The molecular weight excluding hydrogens is 284 g/mol. The summed E-state index contributed by atoms with van der Waals surface area (Å²) in [5, 5.41) is 17.5. The molecule has 0 unspecified atom stereocenters. The van der Waals surface area contributed by atoms with Gasteiger partial charge in [0, 0.05) is 24.9 Å². The van der Waals surface area contributed by atoms with Crippen molar-refractivity contribution in [2.45, 2.75) is 6.92 Å². The van der Waals surface area contributed by atoms with E-state index in [0.29, 0.717) is 0 Å². The van der Waals surface area contributed by atoms with Crippen molar-refractivity contribution in [2.24, 2.45) is 7.05 Å². The van der Waals surface area contributed by atoms with Gasteiger partial charge in [-0.25, -0.2) is 0 Å². The molecule has 1 amide bonds. The Morgan fingerprint density at radius 2 is 2.15 bits per heavy atom. The van der Waals surface area contributed by atoms with Gasteiger partial charge in [0.25, 0.3) is 11.6 Å². The number of carbonyl (C=O) groups excluding carboxylic acids is 1. The summed E-state index contributed by atoms with van der Waals surface area (Å²) in [5.74, 6) is -0.476. The highest BCUT2D eigenvalue weighted by Gasteiger charge is 2.15. The number of benzene rings is 1. The first kappa shape index (κ1) is 14.0. The van der Waals surface area contributed by atoms with E-state index in [9.17, 15) is 14.9 Å². The van der Waals surface area contributed by atoms with Crippen LogP contribution in [-0.4, -0.2) is 20.6 Å². The summed E-state index contributed by atoms with van der Waals surface area (Å²) in [6, 6.07) is 5.44. The van der Waals surface area contributed by atoms with Crippen LogP contribution in [-0.2, 0) is 7.05 Å². The van der Waals surface area contributed by atoms with E-state index >= 15 is 0 Å². The van der Waals surface area contributed by atoms with Gasteiger partial charge in [0.05, 0.1) is 15.6 Å². The Kier molecular flexibility index (Phi) is 3.71. The number of aromatic nitrogens is 2. The average Bonchev–Trinajstić information content (AvgIpc) is 2.72. The number of aryl methyl sites for hydroxylation is 2. The second-order valence-electron chi connectivity index (χ2n) is 4.17. The summed E-state index contributed by atoms with van der Waals surface area (Å²) in [4.78, 5) is 22.1. The maximum atomic E-state index is 12.0. The van der Waals surface area contributed by atoms with E-state index in [1.165, 1.54) is 18.2 Å². The van der Waals surface area contributed by atoms with Crippen LogP contribution in [0.2, 0.25) is 5.02 Å². The number of rotatable bonds is 3. The number of nitro groups is 1. The number of non-ortho nitro benzene ring substituents is 1. The third-order valence-electron chi connectivity index (χ3n) is 2.76. The number of nitrogens with zero attached hydrogens (tertiary/aromatic N) is 3. The van der Waals surface area contributed by atoms with Crippen LogP contribution in [0.25, 0.3) is 0 Å². The molecule has 1 heterocycles. The first-order valence-corrected chi connectivity index (χ1v) is 6.02. The fraction of sp³-hybridized carbons (Fsp3) is 0.167. The topological polar surface area (TPSA) is 90.1 Å². The minimum Gasteiger partial charge on any atom is -0.319 e. The predicted molar refractivity (Wildman–Crippen MR) is 74.0 cm³/mol. The van der Waals surface area contributed by atoms with Gasteiger partial charge in [-0.3, -0.25) is 19.6 Å². The number of amides is 1. The molecule has 104 valence electrons. The van der Waals surface area contributed by atoms with Crippen molar-refractivity contribution in [1.82, 2.24) is 9.78 Å². The Morgan fingerprint density at radius 1 is 1.45 bits per heavy atom. The van der Waals surface area contributed by atoms with Crippen molar-refractivity contribution in [3.8, 4) is 0 Å². The monoisotopic (exact) mass is 294 g/mol. The molecular formula is C12H11ClN4O3. The maximum Gasteiger partial charge on any atom is 0.276 e. The van der Waals surface area contributed by atoms with E-state index in [1.807, 2.05) is 6.92 Å². The molecule has 7 nitrogen and oxygen atoms in total. The van der Waals surface area contributed by atoms with Crippen molar-refractivity contribution in [3.05, 3.63) is 50.8 Å². The summed E-state index contributed by atoms with van der Waals surface area (Å²) in [6.45, 7) is 1.81. The van der Waals surface area contributed by atoms with Crippen LogP contribution in [0.15, 0.2) is 24.3 Å². The van der Waals surface area contributed by atoms with E-state index in [0.717, 1.165) is 5.69 Å². The molecule has 2 rings (SSSR count). The van der Waals surface area contributed by atoms with Crippen LogP contribution in [0.4, 0.5) is 11.4 Å². The molecule has 0 aliphatic rings. The second-order valence-corrected chi connectivity index (χ2v) is 4.58. The molecule has 0 saturated heterocycles. The fourth-order valence-electron chi connectivity index (χ4n) is 1.58. The normalized spacial score (nSPS) is 10.3. The van der Waals surface area contributed by atoms with Crippen LogP contribution >= 0.6 is 11.6 Å². The molecule has 0 saturated carbocycles. The molecule has 8 heteroatoms. The van der Waals surface area contributed by atoms with Crippen molar-refractivity contribution in [1.29, 1.82) is 0 Å². The number of hydrogen-bond acceptors (Lipinski definition) is 4. The largest absolute Gasteiger partial charge is 0.319 e. The minimum atomic E-state index is -0.559. The van der Waals surface area contributed by atoms with Gasteiger partial charge in [0.1, 0.15) is 0 Å². The van der Waals surface area contributed by atoms with Gasteiger partial charge in [-0.1, -0.05) is 11.6 Å². The lowest BCUT2D eigenvalue weighted by Gasteiger charge is -2.05. The van der Waals surface area contributed by atoms with Crippen LogP contribution in [0.1, 0.15) is 16.2 Å². The van der Waals surface area contributed by atoms with Crippen molar-refractivity contribution < 1.29 is 9.72 Å². The zero-order chi connectivity index (χ0) is 14.9. The standard InChI is InChI=1S/C12H11ClN4O3/c1-7-5-11(15-16(7)2)12(18)14-10-6-8(17(19)20)3-4-9(10)13/h3-6H,1-2H3,(H,14,18). The average molecular weight is 295 g/mol. The highest BCUT2D eigenvalue weighted by molar-refractivity contribution is 6.34. The summed E-state index contributed by atoms with van der Waals surface area (Å²) >= 11 is 5.91. The fourth-order valence-corrected chi connectivity index (χ4v) is 1.75. The first-order chi connectivity index (χ1) is 9.38. The van der Waals surface area contributed by atoms with E-state index in [1.54, 1.807) is 17.8 Å². The Labute approximate surface area is 119 Å². The third kappa shape index (κ3) is 2.77. The summed E-state index contributed by atoms with van der Waals surface area (Å²) < 4.78 is 1.56. The zero-order valence-corrected chi connectivity index (χ0v) is 11.5. The molecule has 1 N–H and O–H groups in total. The maximum absolute atomic E-state index is 12.0. The number of anilines is 1. The van der Waals surface area contributed by atoms with Crippen LogP contribution in [0, 0.1) is 17.0 Å². The smallest absolute Gasteiger partial charge is 0.276 e. The van der Waals surface area contributed by atoms with Gasteiger partial charge >= 0.3 is 0 Å². The second kappa shape index (κ2) is 5.30. The summed E-state index contributed by atoms with van der Waals surface area (Å²) in [6.07, 6.45) is 0. The van der Waals surface area contributed by atoms with Gasteiger partial charge in [-0.15, -0.1) is 0 Å². The van der Waals surface area contributed by atoms with Crippen LogP contribution < -0.4 is 5.32 Å². The van der Waals surface area contributed by atoms with Gasteiger partial charge in [-0.05, 0) is 19.1 Å². The molecule has 0 aliphatic carbocycles. The number of halogens is 1. The SMILES string of the molecule is Cc1cc(C(=O)Nc2cc([N+](=O)[O-])ccc2Cl)nn1C. The summed E-state index contributed by atoms with van der Waals surface area (Å²) in [7, 11) is 1.71. The molecule has 0 aliphatic heterocycles. The van der Waals surface area contributed by atoms with Crippen LogP contribution in [0.3, 0.4) is 0 Å². The van der Waals surface area contributed by atoms with Gasteiger partial charge in [-0.2, -0.15) is 5.10 Å². The lowest BCUT2D eigenvalue weighted by molar-refractivity contribution is -0.384. The Balaban J connectivity index is 2.27. The van der Waals surface area contributed by atoms with Crippen molar-refractivity contribution in [2.75, 3.05) is 5.32 Å². The quantitative estimate of drug-likeness (QED) is 0.695. The molecule has 1 aromatic carbocycles. The lowest BCUT2D eigenvalue weighted by Crippen LogP contribution is -2.13. The third-order valence-corrected chi connectivity index (χ3v) is 3.08. The van der Waals surface area contributed by atoms with Gasteiger partial charge in [0.2, 0.25) is 0 Å². The van der Waals surface area contributed by atoms with E-state index in [2.05, 4.69) is 10.4 Å². The van der Waals surface area contributed by atoms with Crippen LogP contribution in [0.5, 0.6) is 0 Å². The molecule has 0 spiro atoms. The highest BCUT2D eigenvalue weighted by atomic mass is 35.5. The molecule has 2 aromatic rings. The number of nitro benzene ring substituents is 1. The Hall–Kier alpha value is -2.41. The number of hydrogen-bond donors (Lipinski definition) is 1. The first-order valence-electron chi connectivity index (χ1n) is 5.64. The van der Waals surface area contributed by atoms with E-state index in [-0.39, 0.29) is 22.1 Å². The highest BCUT2D eigenvalue weighted by Crippen LogP contribution is 2.27. The summed E-state index contributed by atoms with van der Waals surface area (Å²) in [5.41, 5.74) is 1.06. The van der Waals surface area contributed by atoms with E-state index < -0.39 is 10.8 Å². The molecule has 0 fully saturated rings. The van der Waals surface area contributed by atoms with Crippen molar-refractivity contribution >= 4 is 28.9 Å². The predicted octanol–water partition coefficient (Wildman–Crippen LogP) is 2.54. The minimum absolute atomic E-state index is 0.151.